The largest absolute Gasteiger partial charge is 0.368 e. The Morgan fingerprint density at radius 2 is 1.52 bits per heavy atom. The number of hydrogen-bond acceptors (Lipinski definition) is 2. The number of carbonyl (C=O) groups excluding carboxylic acids is 2. The molecule has 0 aliphatic carbocycles. The number of benzene rings is 2. The van der Waals surface area contributed by atoms with Crippen molar-refractivity contribution in [3.05, 3.63) is 71.8 Å². The van der Waals surface area contributed by atoms with Crippen LogP contribution in [0.4, 0.5) is 0 Å². The lowest BCUT2D eigenvalue weighted by atomic mass is 9.90. The first-order chi connectivity index (χ1) is 12.1. The second-order valence-corrected chi connectivity index (χ2v) is 5.81. The van der Waals surface area contributed by atoms with Gasteiger partial charge in [0.1, 0.15) is 6.04 Å². The maximum absolute atomic E-state index is 12.9. The van der Waals surface area contributed by atoms with Crippen LogP contribution in [0, 0.1) is 12.3 Å². The predicted molar refractivity (Wildman–Crippen MR) is 98.5 cm³/mol. The normalized spacial score (nSPS) is 11.5. The molecule has 2 aromatic rings. The highest BCUT2D eigenvalue weighted by Crippen LogP contribution is 2.25. The summed E-state index contributed by atoms with van der Waals surface area (Å²) in [5.41, 5.74) is 7.16. The van der Waals surface area contributed by atoms with Crippen LogP contribution < -0.4 is 11.1 Å². The molecular formula is C21H22N2O2. The molecule has 4 nitrogen and oxygen atoms in total. The minimum atomic E-state index is -0.726. The summed E-state index contributed by atoms with van der Waals surface area (Å²) in [5, 5.41) is 2.79. The lowest BCUT2D eigenvalue weighted by Crippen LogP contribution is -2.46. The monoisotopic (exact) mass is 334 g/mol. The van der Waals surface area contributed by atoms with Crippen LogP contribution in [-0.2, 0) is 9.59 Å². The summed E-state index contributed by atoms with van der Waals surface area (Å²) in [7, 11) is 0. The van der Waals surface area contributed by atoms with Crippen molar-refractivity contribution in [1.29, 1.82) is 0 Å². The highest BCUT2D eigenvalue weighted by atomic mass is 16.2. The van der Waals surface area contributed by atoms with Gasteiger partial charge in [-0.15, -0.1) is 12.3 Å². The number of carbonyl (C=O) groups is 2. The second-order valence-electron chi connectivity index (χ2n) is 5.81. The molecule has 0 saturated heterocycles. The van der Waals surface area contributed by atoms with Crippen LogP contribution in [0.15, 0.2) is 60.7 Å². The Bertz CT molecular complexity index is 696. The van der Waals surface area contributed by atoms with Gasteiger partial charge in [0.05, 0.1) is 5.92 Å². The van der Waals surface area contributed by atoms with Crippen molar-refractivity contribution in [2.75, 3.05) is 0 Å². The highest BCUT2D eigenvalue weighted by Gasteiger charge is 2.26. The second kappa shape index (κ2) is 9.29. The number of nitrogens with one attached hydrogen (secondary N) is 1. The Hall–Kier alpha value is -3.06. The van der Waals surface area contributed by atoms with Gasteiger partial charge in [0.2, 0.25) is 11.8 Å². The van der Waals surface area contributed by atoms with Gasteiger partial charge in [0, 0.05) is 6.42 Å². The fourth-order valence-corrected chi connectivity index (χ4v) is 2.74. The van der Waals surface area contributed by atoms with Gasteiger partial charge < -0.3 is 11.1 Å². The van der Waals surface area contributed by atoms with E-state index in [1.165, 1.54) is 0 Å². The van der Waals surface area contributed by atoms with Crippen molar-refractivity contribution in [3.8, 4) is 12.3 Å². The molecule has 0 fully saturated rings. The van der Waals surface area contributed by atoms with Crippen molar-refractivity contribution in [2.45, 2.75) is 31.2 Å². The van der Waals surface area contributed by atoms with E-state index >= 15 is 0 Å². The topological polar surface area (TPSA) is 72.2 Å². The van der Waals surface area contributed by atoms with Gasteiger partial charge in [-0.3, -0.25) is 9.59 Å². The standard InChI is InChI=1S/C21H22N2O2/c1-2-3-6-15-18(20(22)24)23-21(25)19(16-11-7-4-8-12-16)17-13-9-5-10-14-17/h1,4-5,7-14,18-19H,3,6,15H2,(H2,22,24)(H,23,25)/t18-/m1/s1. The Balaban J connectivity index is 2.23. The zero-order valence-corrected chi connectivity index (χ0v) is 14.0. The predicted octanol–water partition coefficient (Wildman–Crippen LogP) is 2.59. The number of terminal acetylenes is 1. The summed E-state index contributed by atoms with van der Waals surface area (Å²) < 4.78 is 0. The van der Waals surface area contributed by atoms with Crippen molar-refractivity contribution in [2.24, 2.45) is 5.73 Å². The van der Waals surface area contributed by atoms with Gasteiger partial charge in [-0.05, 0) is 24.0 Å². The van der Waals surface area contributed by atoms with Gasteiger partial charge in [-0.1, -0.05) is 60.7 Å². The van der Waals surface area contributed by atoms with Crippen LogP contribution in [0.3, 0.4) is 0 Å². The van der Waals surface area contributed by atoms with E-state index in [9.17, 15) is 9.59 Å². The van der Waals surface area contributed by atoms with Crippen molar-refractivity contribution >= 4 is 11.8 Å². The maximum Gasteiger partial charge on any atom is 0.240 e. The molecule has 0 aliphatic heterocycles. The molecule has 3 N–H and O–H groups in total. The molecule has 0 aliphatic rings. The molecule has 0 aromatic heterocycles. The van der Waals surface area contributed by atoms with Crippen molar-refractivity contribution in [1.82, 2.24) is 5.32 Å². The van der Waals surface area contributed by atoms with E-state index < -0.39 is 17.9 Å². The molecule has 1 atom stereocenters. The summed E-state index contributed by atoms with van der Waals surface area (Å²) in [4.78, 5) is 24.6. The first kappa shape index (κ1) is 18.3. The fourth-order valence-electron chi connectivity index (χ4n) is 2.74. The summed E-state index contributed by atoms with van der Waals surface area (Å²) in [6.07, 6.45) is 6.84. The fraction of sp³-hybridized carbons (Fsp3) is 0.238. The Morgan fingerprint density at radius 3 is 1.96 bits per heavy atom. The van der Waals surface area contributed by atoms with E-state index in [1.807, 2.05) is 60.7 Å². The van der Waals surface area contributed by atoms with Gasteiger partial charge in [-0.25, -0.2) is 0 Å². The zero-order chi connectivity index (χ0) is 18.1. The van der Waals surface area contributed by atoms with Gasteiger partial charge >= 0.3 is 0 Å². The minimum Gasteiger partial charge on any atom is -0.368 e. The summed E-state index contributed by atoms with van der Waals surface area (Å²) >= 11 is 0. The van der Waals surface area contributed by atoms with Gasteiger partial charge in [-0.2, -0.15) is 0 Å². The molecule has 2 aromatic carbocycles. The molecular weight excluding hydrogens is 312 g/mol. The van der Waals surface area contributed by atoms with Crippen molar-refractivity contribution in [3.63, 3.8) is 0 Å². The minimum absolute atomic E-state index is 0.248. The summed E-state index contributed by atoms with van der Waals surface area (Å²) in [6, 6.07) is 18.2. The molecule has 128 valence electrons. The van der Waals surface area contributed by atoms with Crippen LogP contribution in [0.1, 0.15) is 36.3 Å². The smallest absolute Gasteiger partial charge is 0.240 e. The molecule has 2 amide bonds. The number of primary amides is 1. The number of unbranched alkanes of at least 4 members (excludes halogenated alkanes) is 1. The Morgan fingerprint density at radius 1 is 1.00 bits per heavy atom. The summed E-state index contributed by atoms with van der Waals surface area (Å²) in [6.45, 7) is 0. The third-order valence-electron chi connectivity index (χ3n) is 4.00. The zero-order valence-electron chi connectivity index (χ0n) is 14.0. The molecule has 2 rings (SSSR count). The average molecular weight is 334 g/mol. The lowest BCUT2D eigenvalue weighted by Gasteiger charge is -2.21. The Labute approximate surface area is 148 Å². The third-order valence-corrected chi connectivity index (χ3v) is 4.00. The Kier molecular flexibility index (Phi) is 6.79. The molecule has 0 unspecified atom stereocenters. The molecule has 0 radical (unpaired) electrons. The van der Waals surface area contributed by atoms with Crippen LogP contribution >= 0.6 is 0 Å². The van der Waals surface area contributed by atoms with E-state index in [0.717, 1.165) is 11.1 Å². The number of amides is 2. The summed E-state index contributed by atoms with van der Waals surface area (Å²) in [5.74, 6) is 1.22. The molecule has 25 heavy (non-hydrogen) atoms. The molecule has 4 heteroatoms. The highest BCUT2D eigenvalue weighted by molar-refractivity contribution is 5.91. The molecule has 0 spiro atoms. The third kappa shape index (κ3) is 5.22. The quantitative estimate of drug-likeness (QED) is 0.575. The number of nitrogens with two attached hydrogens (primary N) is 1. The first-order valence-corrected chi connectivity index (χ1v) is 8.26. The van der Waals surface area contributed by atoms with Crippen molar-refractivity contribution < 1.29 is 9.59 Å². The van der Waals surface area contributed by atoms with E-state index in [1.54, 1.807) is 0 Å². The van der Waals surface area contributed by atoms with Crippen LogP contribution in [0.2, 0.25) is 0 Å². The average Bonchev–Trinajstić information content (AvgIpc) is 2.63. The van der Waals surface area contributed by atoms with Crippen LogP contribution in [0.5, 0.6) is 0 Å². The van der Waals surface area contributed by atoms with Gasteiger partial charge in [0.25, 0.3) is 0 Å². The van der Waals surface area contributed by atoms with E-state index in [-0.39, 0.29) is 5.91 Å². The van der Waals surface area contributed by atoms with Crippen LogP contribution in [-0.4, -0.2) is 17.9 Å². The maximum atomic E-state index is 12.9. The number of hydrogen-bond donors (Lipinski definition) is 2. The molecule has 0 heterocycles. The SMILES string of the molecule is C#CCCC[C@@H](NC(=O)C(c1ccccc1)c1ccccc1)C(N)=O. The molecule has 0 saturated carbocycles. The van der Waals surface area contributed by atoms with Crippen LogP contribution in [0.25, 0.3) is 0 Å². The lowest BCUT2D eigenvalue weighted by molar-refractivity contribution is -0.127. The van der Waals surface area contributed by atoms with E-state index in [4.69, 9.17) is 12.2 Å². The van der Waals surface area contributed by atoms with Gasteiger partial charge in [0.15, 0.2) is 0 Å². The molecule has 0 bridgehead atoms. The van der Waals surface area contributed by atoms with E-state index in [0.29, 0.717) is 19.3 Å². The first-order valence-electron chi connectivity index (χ1n) is 8.26. The van der Waals surface area contributed by atoms with E-state index in [2.05, 4.69) is 11.2 Å². The number of rotatable bonds is 8.